The fourth-order valence-corrected chi connectivity index (χ4v) is 3.79. The van der Waals surface area contributed by atoms with E-state index in [4.69, 9.17) is 9.47 Å². The quantitative estimate of drug-likeness (QED) is 0.690. The third-order valence-corrected chi connectivity index (χ3v) is 5.30. The number of benzene rings is 1. The molecule has 0 radical (unpaired) electrons. The number of amides is 2. The summed E-state index contributed by atoms with van der Waals surface area (Å²) in [5.41, 5.74) is 1.58. The van der Waals surface area contributed by atoms with Gasteiger partial charge in [0.25, 0.3) is 0 Å². The maximum absolute atomic E-state index is 12.7. The van der Waals surface area contributed by atoms with Crippen LogP contribution >= 0.6 is 0 Å². The molecule has 9 heteroatoms. The van der Waals surface area contributed by atoms with Gasteiger partial charge in [0.1, 0.15) is 19.0 Å². The number of carbonyl (C=O) groups excluding carboxylic acids is 1. The molecule has 2 aromatic heterocycles. The number of hydrogen-bond acceptors (Lipinski definition) is 6. The van der Waals surface area contributed by atoms with Crippen molar-refractivity contribution in [3.63, 3.8) is 0 Å². The number of pyridine rings is 1. The average molecular weight is 406 g/mol. The summed E-state index contributed by atoms with van der Waals surface area (Å²) in [6.07, 6.45) is 5.14. The molecule has 1 unspecified atom stereocenters. The predicted molar refractivity (Wildman–Crippen MR) is 109 cm³/mol. The fourth-order valence-electron chi connectivity index (χ4n) is 3.79. The Labute approximate surface area is 173 Å². The van der Waals surface area contributed by atoms with Crippen LogP contribution in [0.15, 0.2) is 42.7 Å². The van der Waals surface area contributed by atoms with Gasteiger partial charge in [-0.1, -0.05) is 0 Å². The molecule has 4 heterocycles. The summed E-state index contributed by atoms with van der Waals surface area (Å²) in [6, 6.07) is 9.13. The molecule has 30 heavy (non-hydrogen) atoms. The zero-order chi connectivity index (χ0) is 20.3. The predicted octanol–water partition coefficient (Wildman–Crippen LogP) is 2.73. The van der Waals surface area contributed by atoms with Crippen LogP contribution in [0.3, 0.4) is 0 Å². The summed E-state index contributed by atoms with van der Waals surface area (Å²) < 4.78 is 11.1. The highest BCUT2D eigenvalue weighted by molar-refractivity contribution is 5.90. The van der Waals surface area contributed by atoms with Gasteiger partial charge >= 0.3 is 6.03 Å². The van der Waals surface area contributed by atoms with Gasteiger partial charge < -0.3 is 19.7 Å². The summed E-state index contributed by atoms with van der Waals surface area (Å²) in [7, 11) is 0. The lowest BCUT2D eigenvalue weighted by Gasteiger charge is -2.20. The number of aromatic nitrogens is 4. The van der Waals surface area contributed by atoms with Crippen LogP contribution in [0.4, 0.5) is 10.5 Å². The largest absolute Gasteiger partial charge is 0.486 e. The Kier molecular flexibility index (Phi) is 4.92. The number of nitrogens with zero attached hydrogens (tertiary/aromatic N) is 4. The van der Waals surface area contributed by atoms with E-state index in [1.807, 2.05) is 29.2 Å². The second-order valence-corrected chi connectivity index (χ2v) is 7.44. The van der Waals surface area contributed by atoms with Crippen molar-refractivity contribution in [2.24, 2.45) is 5.92 Å². The van der Waals surface area contributed by atoms with Gasteiger partial charge in [0.15, 0.2) is 17.3 Å². The van der Waals surface area contributed by atoms with E-state index >= 15 is 0 Å². The number of aromatic amines is 1. The molecule has 2 amide bonds. The first-order valence-corrected chi connectivity index (χ1v) is 10.0. The molecule has 0 saturated carbocycles. The Morgan fingerprint density at radius 3 is 3.00 bits per heavy atom. The molecule has 0 aliphatic carbocycles. The minimum atomic E-state index is -0.109. The smallest absolute Gasteiger partial charge is 0.321 e. The summed E-state index contributed by atoms with van der Waals surface area (Å²) in [4.78, 5) is 23.2. The third-order valence-electron chi connectivity index (χ3n) is 5.30. The molecule has 2 N–H and O–H groups in total. The standard InChI is InChI=1S/C21H22N6O3/c28-21(23-16-3-4-17-18(11-16)30-9-8-29-17)27-7-5-14(13-27)10-19-24-20(26-25-19)15-2-1-6-22-12-15/h1-4,6,11-12,14H,5,7-10,13H2,(H,23,28)(H,24,25,26). The minimum absolute atomic E-state index is 0.109. The maximum Gasteiger partial charge on any atom is 0.321 e. The molecule has 1 fully saturated rings. The molecule has 1 atom stereocenters. The number of fused-ring (bicyclic) bond motifs is 1. The Hall–Kier alpha value is -3.62. The van der Waals surface area contributed by atoms with E-state index in [-0.39, 0.29) is 6.03 Å². The van der Waals surface area contributed by atoms with E-state index in [0.29, 0.717) is 55.2 Å². The molecule has 1 aromatic carbocycles. The first-order valence-electron chi connectivity index (χ1n) is 10.0. The van der Waals surface area contributed by atoms with Crippen LogP contribution < -0.4 is 14.8 Å². The number of ether oxygens (including phenoxy) is 2. The first-order chi connectivity index (χ1) is 14.7. The zero-order valence-corrected chi connectivity index (χ0v) is 16.4. The van der Waals surface area contributed by atoms with Crippen LogP contribution in [-0.4, -0.2) is 57.4 Å². The van der Waals surface area contributed by atoms with Gasteiger partial charge in [-0.05, 0) is 36.6 Å². The number of carbonyl (C=O) groups is 1. The second kappa shape index (κ2) is 8.02. The Morgan fingerprint density at radius 1 is 1.23 bits per heavy atom. The van der Waals surface area contributed by atoms with E-state index in [0.717, 1.165) is 24.2 Å². The molecule has 1 saturated heterocycles. The van der Waals surface area contributed by atoms with Crippen molar-refractivity contribution < 1.29 is 14.3 Å². The highest BCUT2D eigenvalue weighted by Crippen LogP contribution is 2.33. The molecule has 0 bridgehead atoms. The number of nitrogens with one attached hydrogen (secondary N) is 2. The van der Waals surface area contributed by atoms with Gasteiger partial charge in [0.2, 0.25) is 0 Å². The van der Waals surface area contributed by atoms with Crippen molar-refractivity contribution in [1.29, 1.82) is 0 Å². The van der Waals surface area contributed by atoms with Crippen molar-refractivity contribution in [2.45, 2.75) is 12.8 Å². The summed E-state index contributed by atoms with van der Waals surface area (Å²) in [5.74, 6) is 3.18. The SMILES string of the molecule is O=C(Nc1ccc2c(c1)OCCO2)N1CCC(Cc2nc(-c3cccnc3)n[nH]2)C1. The number of likely N-dealkylation sites (tertiary alicyclic amines) is 1. The summed E-state index contributed by atoms with van der Waals surface area (Å²) in [5, 5.41) is 10.2. The molecule has 154 valence electrons. The van der Waals surface area contributed by atoms with E-state index in [2.05, 4.69) is 25.5 Å². The van der Waals surface area contributed by atoms with Crippen LogP contribution in [0.2, 0.25) is 0 Å². The maximum atomic E-state index is 12.7. The zero-order valence-electron chi connectivity index (χ0n) is 16.4. The second-order valence-electron chi connectivity index (χ2n) is 7.44. The molecule has 3 aromatic rings. The van der Waals surface area contributed by atoms with Crippen molar-refractivity contribution in [2.75, 3.05) is 31.6 Å². The van der Waals surface area contributed by atoms with Crippen molar-refractivity contribution >= 4 is 11.7 Å². The number of H-pyrrole nitrogens is 1. The van der Waals surface area contributed by atoms with Gasteiger partial charge in [-0.15, -0.1) is 0 Å². The molecule has 2 aliphatic heterocycles. The monoisotopic (exact) mass is 406 g/mol. The van der Waals surface area contributed by atoms with Crippen LogP contribution in [0, 0.1) is 5.92 Å². The topological polar surface area (TPSA) is 105 Å². The normalized spacial score (nSPS) is 17.7. The number of anilines is 1. The van der Waals surface area contributed by atoms with Gasteiger partial charge in [-0.3, -0.25) is 10.1 Å². The van der Waals surface area contributed by atoms with E-state index in [1.54, 1.807) is 18.5 Å². The van der Waals surface area contributed by atoms with E-state index < -0.39 is 0 Å². The van der Waals surface area contributed by atoms with E-state index in [9.17, 15) is 4.79 Å². The van der Waals surface area contributed by atoms with Gasteiger partial charge in [0, 0.05) is 49.2 Å². The number of rotatable bonds is 4. The highest BCUT2D eigenvalue weighted by Gasteiger charge is 2.27. The molecular formula is C21H22N6O3. The molecule has 2 aliphatic rings. The van der Waals surface area contributed by atoms with Gasteiger partial charge in [0.05, 0.1) is 0 Å². The lowest BCUT2D eigenvalue weighted by Crippen LogP contribution is -2.33. The number of urea groups is 1. The lowest BCUT2D eigenvalue weighted by atomic mass is 10.1. The molecule has 9 nitrogen and oxygen atoms in total. The van der Waals surface area contributed by atoms with Crippen molar-refractivity contribution in [3.05, 3.63) is 48.5 Å². The van der Waals surface area contributed by atoms with E-state index in [1.165, 1.54) is 0 Å². The van der Waals surface area contributed by atoms with Crippen molar-refractivity contribution in [3.8, 4) is 22.9 Å². The summed E-state index contributed by atoms with van der Waals surface area (Å²) >= 11 is 0. The van der Waals surface area contributed by atoms with Crippen LogP contribution in [0.25, 0.3) is 11.4 Å². The Morgan fingerprint density at radius 2 is 2.13 bits per heavy atom. The van der Waals surface area contributed by atoms with Crippen LogP contribution in [-0.2, 0) is 6.42 Å². The minimum Gasteiger partial charge on any atom is -0.486 e. The fraction of sp³-hybridized carbons (Fsp3) is 0.333. The van der Waals surface area contributed by atoms with Crippen molar-refractivity contribution in [1.82, 2.24) is 25.1 Å². The first kappa shape index (κ1) is 18.4. The lowest BCUT2D eigenvalue weighted by molar-refractivity contribution is 0.171. The third kappa shape index (κ3) is 3.91. The average Bonchev–Trinajstić information content (AvgIpc) is 3.45. The van der Waals surface area contributed by atoms with Crippen LogP contribution in [0.1, 0.15) is 12.2 Å². The molecule has 5 rings (SSSR count). The highest BCUT2D eigenvalue weighted by atomic mass is 16.6. The molecular weight excluding hydrogens is 384 g/mol. The molecule has 0 spiro atoms. The van der Waals surface area contributed by atoms with Gasteiger partial charge in [-0.2, -0.15) is 5.10 Å². The summed E-state index contributed by atoms with van der Waals surface area (Å²) in [6.45, 7) is 2.45. The Bertz CT molecular complexity index is 1040. The van der Waals surface area contributed by atoms with Crippen LogP contribution in [0.5, 0.6) is 11.5 Å². The Balaban J connectivity index is 1.17. The number of hydrogen-bond donors (Lipinski definition) is 2. The van der Waals surface area contributed by atoms with Gasteiger partial charge in [-0.25, -0.2) is 9.78 Å².